The number of nitrogens with one attached hydrogen (secondary N) is 1. The molecule has 0 saturated carbocycles. The molecule has 6 rings (SSSR count). The van der Waals surface area contributed by atoms with Crippen molar-refractivity contribution in [3.8, 4) is 0 Å². The fourth-order valence-corrected chi connectivity index (χ4v) is 7.32. The van der Waals surface area contributed by atoms with E-state index in [1.54, 1.807) is 12.1 Å². The molecular formula is C33H36N2O7. The van der Waals surface area contributed by atoms with Crippen LogP contribution < -0.4 is 5.32 Å². The first-order valence-corrected chi connectivity index (χ1v) is 14.4. The predicted molar refractivity (Wildman–Crippen MR) is 154 cm³/mol. The molecule has 3 fully saturated rings. The number of para-hydroxylation sites is 1. The smallest absolute Gasteiger partial charge is 0.305 e. The van der Waals surface area contributed by atoms with Crippen molar-refractivity contribution in [2.75, 3.05) is 11.9 Å². The number of benzene rings is 3. The van der Waals surface area contributed by atoms with Crippen LogP contribution in [0.1, 0.15) is 44.2 Å². The molecule has 3 saturated heterocycles. The number of morpholine rings is 1. The number of ether oxygens (including phenoxy) is 2. The summed E-state index contributed by atoms with van der Waals surface area (Å²) in [7, 11) is 0. The van der Waals surface area contributed by atoms with Crippen molar-refractivity contribution in [2.45, 2.75) is 68.0 Å². The van der Waals surface area contributed by atoms with Crippen LogP contribution in [0.15, 0.2) is 91.0 Å². The number of hydrogen-bond donors (Lipinski definition) is 4. The summed E-state index contributed by atoms with van der Waals surface area (Å²) in [4.78, 5) is 27.8. The number of anilines is 1. The molecule has 1 amide bonds. The van der Waals surface area contributed by atoms with Crippen molar-refractivity contribution in [3.63, 3.8) is 0 Å². The van der Waals surface area contributed by atoms with Crippen LogP contribution >= 0.6 is 0 Å². The zero-order valence-corrected chi connectivity index (χ0v) is 23.6. The van der Waals surface area contributed by atoms with Gasteiger partial charge in [0.15, 0.2) is 17.1 Å². The molecule has 42 heavy (non-hydrogen) atoms. The lowest BCUT2D eigenvalue weighted by Gasteiger charge is -2.54. The molecule has 220 valence electrons. The summed E-state index contributed by atoms with van der Waals surface area (Å²) in [6.07, 6.45) is -1.65. The second kappa shape index (κ2) is 10.3. The lowest BCUT2D eigenvalue weighted by atomic mass is 9.73. The highest BCUT2D eigenvalue weighted by Crippen LogP contribution is 2.79. The minimum absolute atomic E-state index is 0.0723. The van der Waals surface area contributed by atoms with Gasteiger partial charge in [-0.05, 0) is 30.0 Å². The van der Waals surface area contributed by atoms with Crippen molar-refractivity contribution in [2.24, 2.45) is 5.92 Å². The highest BCUT2D eigenvalue weighted by Gasteiger charge is 2.99. The van der Waals surface area contributed by atoms with Crippen LogP contribution in [0, 0.1) is 5.92 Å². The third-order valence-corrected chi connectivity index (χ3v) is 9.01. The SMILES string of the molecule is CC(C)C1(O)N2CCC(CC(O)CC(=O)O)OC2(c2ccccc2)C2(c3ccccc3)OC12C(=O)Nc1ccccc1. The van der Waals surface area contributed by atoms with Gasteiger partial charge in [-0.2, -0.15) is 0 Å². The van der Waals surface area contributed by atoms with Crippen molar-refractivity contribution in [3.05, 3.63) is 102 Å². The quantitative estimate of drug-likeness (QED) is 0.285. The van der Waals surface area contributed by atoms with E-state index in [9.17, 15) is 24.9 Å². The fraction of sp³-hybridized carbons (Fsp3) is 0.394. The van der Waals surface area contributed by atoms with E-state index in [2.05, 4.69) is 5.32 Å². The monoisotopic (exact) mass is 572 g/mol. The normalized spacial score (nSPS) is 32.5. The molecule has 4 N–H and O–H groups in total. The summed E-state index contributed by atoms with van der Waals surface area (Å²) in [5, 5.41) is 35.8. The molecule has 0 radical (unpaired) electrons. The van der Waals surface area contributed by atoms with Crippen LogP contribution in [0.2, 0.25) is 0 Å². The maximum absolute atomic E-state index is 14.6. The van der Waals surface area contributed by atoms with Crippen LogP contribution in [0.4, 0.5) is 5.69 Å². The highest BCUT2D eigenvalue weighted by molar-refractivity contribution is 6.03. The van der Waals surface area contributed by atoms with Crippen LogP contribution in [-0.2, 0) is 30.4 Å². The average molecular weight is 573 g/mol. The number of amides is 1. The first-order chi connectivity index (χ1) is 20.1. The number of aliphatic hydroxyl groups excluding tert-OH is 1. The minimum atomic E-state index is -1.82. The molecule has 6 unspecified atom stereocenters. The van der Waals surface area contributed by atoms with Crippen LogP contribution in [0.5, 0.6) is 0 Å². The molecular weight excluding hydrogens is 536 g/mol. The summed E-state index contributed by atoms with van der Waals surface area (Å²) in [5.74, 6) is -2.08. The van der Waals surface area contributed by atoms with E-state index >= 15 is 0 Å². The van der Waals surface area contributed by atoms with Gasteiger partial charge in [-0.25, -0.2) is 4.90 Å². The lowest BCUT2D eigenvalue weighted by molar-refractivity contribution is -0.326. The molecule has 0 aliphatic carbocycles. The Morgan fingerprint density at radius 1 is 0.952 bits per heavy atom. The van der Waals surface area contributed by atoms with Gasteiger partial charge in [0.2, 0.25) is 5.60 Å². The van der Waals surface area contributed by atoms with Gasteiger partial charge in [-0.1, -0.05) is 92.7 Å². The molecule has 0 aromatic heterocycles. The van der Waals surface area contributed by atoms with Gasteiger partial charge in [0, 0.05) is 24.2 Å². The summed E-state index contributed by atoms with van der Waals surface area (Å²) in [6.45, 7) is 4.03. The number of aliphatic carboxylic acids is 1. The Balaban J connectivity index is 1.58. The predicted octanol–water partition coefficient (Wildman–Crippen LogP) is 3.82. The van der Waals surface area contributed by atoms with Crippen molar-refractivity contribution in [1.29, 1.82) is 0 Å². The maximum atomic E-state index is 14.6. The molecule has 3 aliphatic rings. The Hall–Kier alpha value is -3.60. The van der Waals surface area contributed by atoms with E-state index in [0.29, 0.717) is 29.8 Å². The zero-order chi connectivity index (χ0) is 29.8. The van der Waals surface area contributed by atoms with Crippen LogP contribution in [0.25, 0.3) is 0 Å². The number of carbonyl (C=O) groups is 2. The summed E-state index contributed by atoms with van der Waals surface area (Å²) in [6, 6.07) is 27.8. The number of hydrogen-bond acceptors (Lipinski definition) is 7. The number of carboxylic acid groups (broad SMARTS) is 1. The number of carbonyl (C=O) groups excluding carboxylic acids is 1. The first-order valence-electron chi connectivity index (χ1n) is 14.4. The second-order valence-corrected chi connectivity index (χ2v) is 11.7. The summed E-state index contributed by atoms with van der Waals surface area (Å²) < 4.78 is 13.8. The number of carboxylic acids is 1. The first kappa shape index (κ1) is 28.5. The van der Waals surface area contributed by atoms with E-state index in [4.69, 9.17) is 9.47 Å². The van der Waals surface area contributed by atoms with Gasteiger partial charge in [-0.15, -0.1) is 0 Å². The molecule has 9 heteroatoms. The number of aliphatic hydroxyl groups is 2. The number of nitrogens with zero attached hydrogens (tertiary/aromatic N) is 1. The molecule has 6 atom stereocenters. The largest absolute Gasteiger partial charge is 0.481 e. The van der Waals surface area contributed by atoms with Crippen molar-refractivity contribution >= 4 is 17.6 Å². The standard InChI is InChI=1S/C33H36N2O7/c1-22(2)32(40)31(29(39)34-25-16-10-5-11-17-25)30(42-31,23-12-6-3-7-13-23)33(24-14-8-4-9-15-24)35(32)19-18-27(41-33)20-26(36)21-28(37)38/h3-17,22,26-27,36,40H,18-21H2,1-2H3,(H,34,39)(H,37,38). The minimum Gasteiger partial charge on any atom is -0.481 e. The van der Waals surface area contributed by atoms with Crippen LogP contribution in [0.3, 0.4) is 0 Å². The van der Waals surface area contributed by atoms with Gasteiger partial charge in [0.05, 0.1) is 18.6 Å². The van der Waals surface area contributed by atoms with E-state index in [1.807, 2.05) is 97.6 Å². The Bertz CT molecular complexity index is 1450. The van der Waals surface area contributed by atoms with Gasteiger partial charge in [0.1, 0.15) is 0 Å². The number of epoxide rings is 1. The topological polar surface area (TPSA) is 132 Å². The molecule has 3 aromatic rings. The van der Waals surface area contributed by atoms with E-state index in [0.717, 1.165) is 0 Å². The van der Waals surface area contributed by atoms with Crippen LogP contribution in [-0.4, -0.2) is 62.2 Å². The molecule has 3 heterocycles. The summed E-state index contributed by atoms with van der Waals surface area (Å²) >= 11 is 0. The van der Waals surface area contributed by atoms with Crippen molar-refractivity contribution < 1.29 is 34.4 Å². The zero-order valence-electron chi connectivity index (χ0n) is 23.6. The van der Waals surface area contributed by atoms with Gasteiger partial charge >= 0.3 is 5.97 Å². The lowest BCUT2D eigenvalue weighted by Crippen LogP contribution is -2.68. The molecule has 0 spiro atoms. The second-order valence-electron chi connectivity index (χ2n) is 11.7. The Labute approximate surface area is 244 Å². The Kier molecular flexibility index (Phi) is 6.99. The maximum Gasteiger partial charge on any atom is 0.305 e. The highest BCUT2D eigenvalue weighted by atomic mass is 16.7. The molecule has 3 aliphatic heterocycles. The van der Waals surface area contributed by atoms with E-state index < -0.39 is 59.1 Å². The van der Waals surface area contributed by atoms with E-state index in [1.165, 1.54) is 0 Å². The van der Waals surface area contributed by atoms with Gasteiger partial charge in [0.25, 0.3) is 5.91 Å². The number of rotatable bonds is 9. The number of fused-ring (bicyclic) bond motifs is 3. The third-order valence-electron chi connectivity index (χ3n) is 9.01. The third kappa shape index (κ3) is 3.81. The molecule has 9 nitrogen and oxygen atoms in total. The van der Waals surface area contributed by atoms with E-state index in [-0.39, 0.29) is 6.42 Å². The Morgan fingerprint density at radius 3 is 2.10 bits per heavy atom. The fourth-order valence-electron chi connectivity index (χ4n) is 7.32. The molecule has 0 bridgehead atoms. The summed E-state index contributed by atoms with van der Waals surface area (Å²) in [5.41, 5.74) is -4.68. The average Bonchev–Trinajstić information content (AvgIpc) is 3.67. The van der Waals surface area contributed by atoms with Gasteiger partial charge in [-0.3, -0.25) is 9.59 Å². The Morgan fingerprint density at radius 2 is 1.52 bits per heavy atom. The van der Waals surface area contributed by atoms with Crippen molar-refractivity contribution in [1.82, 2.24) is 4.90 Å². The molecule has 3 aromatic carbocycles. The van der Waals surface area contributed by atoms with Gasteiger partial charge < -0.3 is 30.1 Å².